The summed E-state index contributed by atoms with van der Waals surface area (Å²) in [5.41, 5.74) is 8.30. The number of hydrogen-bond acceptors (Lipinski definition) is 5. The Labute approximate surface area is 195 Å². The normalized spacial score (nSPS) is 10.9. The second kappa shape index (κ2) is 8.52. The van der Waals surface area contributed by atoms with Gasteiger partial charge in [0.15, 0.2) is 11.5 Å². The van der Waals surface area contributed by atoms with Gasteiger partial charge in [-0.3, -0.25) is 9.36 Å². The molecule has 0 saturated carbocycles. The molecule has 0 atom stereocenters. The molecule has 0 bridgehead atoms. The summed E-state index contributed by atoms with van der Waals surface area (Å²) in [4.78, 5) is 26.2. The number of nitrogen functional groups attached to an aromatic ring is 1. The van der Waals surface area contributed by atoms with Gasteiger partial charge in [0, 0.05) is 18.4 Å². The summed E-state index contributed by atoms with van der Waals surface area (Å²) in [5.74, 6) is 0.474. The molecule has 166 valence electrons. The number of nitrogens with zero attached hydrogens (tertiary/aromatic N) is 7. The zero-order chi connectivity index (χ0) is 23.7. The number of anilines is 2. The van der Waals surface area contributed by atoms with Crippen molar-refractivity contribution in [2.24, 2.45) is 0 Å². The predicted octanol–water partition coefficient (Wildman–Crippen LogP) is 3.82. The molecule has 3 heterocycles. The van der Waals surface area contributed by atoms with Gasteiger partial charge in [-0.15, -0.1) is 0 Å². The van der Waals surface area contributed by atoms with Gasteiger partial charge in [0.1, 0.15) is 17.5 Å². The van der Waals surface area contributed by atoms with Crippen LogP contribution in [0.5, 0.6) is 0 Å². The topological polar surface area (TPSA) is 99.2 Å². The van der Waals surface area contributed by atoms with E-state index in [0.717, 1.165) is 10.9 Å². The van der Waals surface area contributed by atoms with Crippen LogP contribution in [0.2, 0.25) is 0 Å². The van der Waals surface area contributed by atoms with E-state index in [1.807, 2.05) is 71.4 Å². The third-order valence-corrected chi connectivity index (χ3v) is 5.60. The van der Waals surface area contributed by atoms with E-state index in [4.69, 9.17) is 17.4 Å². The lowest BCUT2D eigenvalue weighted by Crippen LogP contribution is -2.34. The number of carbonyl (C=O) groups excluding carboxylic acids is 1. The fourth-order valence-corrected chi connectivity index (χ4v) is 3.96. The second-order valence-electron chi connectivity index (χ2n) is 7.60. The molecule has 3 aromatic heterocycles. The largest absolute Gasteiger partial charge is 0.383 e. The van der Waals surface area contributed by atoms with Gasteiger partial charge in [-0.05, 0) is 29.7 Å². The van der Waals surface area contributed by atoms with Crippen molar-refractivity contribution < 1.29 is 4.79 Å². The molecular formula is C25H20N8O. The SMILES string of the molecule is [C-]#[N+]C(=C)C(=O)N(CCn1nc(-n2ccc3ccccc32)c2c(N)ncnc21)c1ccccc1. The van der Waals surface area contributed by atoms with E-state index in [9.17, 15) is 4.79 Å². The minimum atomic E-state index is -0.455. The van der Waals surface area contributed by atoms with E-state index in [-0.39, 0.29) is 12.2 Å². The average molecular weight is 448 g/mol. The number of aromatic nitrogens is 5. The molecular weight excluding hydrogens is 428 g/mol. The minimum Gasteiger partial charge on any atom is -0.383 e. The van der Waals surface area contributed by atoms with Crippen molar-refractivity contribution in [1.82, 2.24) is 24.3 Å². The molecule has 0 saturated heterocycles. The average Bonchev–Trinajstić information content (AvgIpc) is 3.46. The first kappa shape index (κ1) is 20.9. The number of rotatable bonds is 6. The minimum absolute atomic E-state index is 0.153. The van der Waals surface area contributed by atoms with Gasteiger partial charge in [-0.2, -0.15) is 5.10 Å². The van der Waals surface area contributed by atoms with Crippen LogP contribution in [0.4, 0.5) is 11.5 Å². The van der Waals surface area contributed by atoms with E-state index in [1.165, 1.54) is 11.2 Å². The highest BCUT2D eigenvalue weighted by atomic mass is 16.2. The third kappa shape index (κ3) is 3.53. The molecule has 2 aromatic carbocycles. The zero-order valence-electron chi connectivity index (χ0n) is 18.2. The Hall–Kier alpha value is -4.97. The molecule has 0 aliphatic rings. The monoisotopic (exact) mass is 448 g/mol. The van der Waals surface area contributed by atoms with Crippen LogP contribution in [0.3, 0.4) is 0 Å². The van der Waals surface area contributed by atoms with Gasteiger partial charge >= 0.3 is 0 Å². The van der Waals surface area contributed by atoms with Gasteiger partial charge in [0.25, 0.3) is 5.91 Å². The number of carbonyl (C=O) groups is 1. The first-order chi connectivity index (χ1) is 16.6. The standard InChI is InChI=1S/C25H20N8O/c1-17(27-2)25(34)31(19-9-4-3-5-10-19)14-15-33-23-21(22(26)28-16-29-23)24(30-33)32-13-12-18-8-6-7-11-20(18)32/h3-13,16H,1,14-15H2,(H2,26,28,29). The van der Waals surface area contributed by atoms with Crippen LogP contribution in [-0.2, 0) is 11.3 Å². The lowest BCUT2D eigenvalue weighted by atomic mass is 10.2. The summed E-state index contributed by atoms with van der Waals surface area (Å²) in [5, 5.41) is 6.51. The second-order valence-corrected chi connectivity index (χ2v) is 7.60. The van der Waals surface area contributed by atoms with E-state index in [2.05, 4.69) is 21.4 Å². The summed E-state index contributed by atoms with van der Waals surface area (Å²) in [6.45, 7) is 11.4. The van der Waals surface area contributed by atoms with E-state index < -0.39 is 5.91 Å². The van der Waals surface area contributed by atoms with Crippen molar-refractivity contribution in [3.05, 3.63) is 96.9 Å². The molecule has 9 nitrogen and oxygen atoms in total. The van der Waals surface area contributed by atoms with Crippen LogP contribution >= 0.6 is 0 Å². The summed E-state index contributed by atoms with van der Waals surface area (Å²) in [6.07, 6.45) is 3.33. The number of benzene rings is 2. The van der Waals surface area contributed by atoms with Crippen LogP contribution in [0, 0.1) is 6.57 Å². The maximum Gasteiger partial charge on any atom is 0.256 e. The smallest absolute Gasteiger partial charge is 0.256 e. The molecule has 0 unspecified atom stereocenters. The number of nitrogens with two attached hydrogens (primary N) is 1. The first-order valence-electron chi connectivity index (χ1n) is 10.5. The number of fused-ring (bicyclic) bond motifs is 2. The fourth-order valence-electron chi connectivity index (χ4n) is 3.96. The molecule has 2 N–H and O–H groups in total. The van der Waals surface area contributed by atoms with Gasteiger partial charge in [-0.25, -0.2) is 19.5 Å². The Kier molecular flexibility index (Phi) is 5.24. The molecule has 0 aliphatic carbocycles. The molecule has 5 rings (SSSR count). The van der Waals surface area contributed by atoms with E-state index in [1.54, 1.807) is 4.68 Å². The molecule has 5 aromatic rings. The lowest BCUT2D eigenvalue weighted by molar-refractivity contribution is -0.114. The zero-order valence-corrected chi connectivity index (χ0v) is 18.2. The Bertz CT molecular complexity index is 1580. The number of amides is 1. The Morgan fingerprint density at radius 3 is 2.65 bits per heavy atom. The lowest BCUT2D eigenvalue weighted by Gasteiger charge is -2.22. The van der Waals surface area contributed by atoms with Crippen LogP contribution in [-0.4, -0.2) is 36.8 Å². The van der Waals surface area contributed by atoms with Crippen LogP contribution in [0.25, 0.3) is 32.6 Å². The van der Waals surface area contributed by atoms with Crippen molar-refractivity contribution in [3.8, 4) is 5.82 Å². The summed E-state index contributed by atoms with van der Waals surface area (Å²) >= 11 is 0. The number of hydrogen-bond donors (Lipinski definition) is 1. The Morgan fingerprint density at radius 2 is 1.85 bits per heavy atom. The molecule has 9 heteroatoms. The number of para-hydroxylation sites is 2. The Balaban J connectivity index is 1.57. The molecule has 0 radical (unpaired) electrons. The third-order valence-electron chi connectivity index (χ3n) is 5.60. The van der Waals surface area contributed by atoms with E-state index >= 15 is 0 Å². The molecule has 0 spiro atoms. The first-order valence-corrected chi connectivity index (χ1v) is 10.5. The van der Waals surface area contributed by atoms with Gasteiger partial charge in [0.2, 0.25) is 5.70 Å². The summed E-state index contributed by atoms with van der Waals surface area (Å²) < 4.78 is 3.66. The highest BCUT2D eigenvalue weighted by molar-refractivity contribution is 6.06. The van der Waals surface area contributed by atoms with Crippen molar-refractivity contribution in [2.75, 3.05) is 17.2 Å². The van der Waals surface area contributed by atoms with E-state index in [0.29, 0.717) is 34.9 Å². The molecule has 0 fully saturated rings. The van der Waals surface area contributed by atoms with Gasteiger partial charge in [0.05, 0.1) is 18.6 Å². The summed E-state index contributed by atoms with van der Waals surface area (Å²) in [6, 6.07) is 19.1. The maximum atomic E-state index is 12.9. The van der Waals surface area contributed by atoms with Crippen molar-refractivity contribution in [1.29, 1.82) is 0 Å². The van der Waals surface area contributed by atoms with Crippen molar-refractivity contribution in [3.63, 3.8) is 0 Å². The fraction of sp³-hybridized carbons (Fsp3) is 0.0800. The van der Waals surface area contributed by atoms with Crippen LogP contribution in [0.15, 0.2) is 85.5 Å². The van der Waals surface area contributed by atoms with Crippen LogP contribution in [0.1, 0.15) is 0 Å². The molecule has 34 heavy (non-hydrogen) atoms. The predicted molar refractivity (Wildman–Crippen MR) is 131 cm³/mol. The highest BCUT2D eigenvalue weighted by Crippen LogP contribution is 2.28. The van der Waals surface area contributed by atoms with Gasteiger partial charge in [-0.1, -0.05) is 43.0 Å². The molecule has 0 aliphatic heterocycles. The quantitative estimate of drug-likeness (QED) is 0.315. The van der Waals surface area contributed by atoms with Crippen molar-refractivity contribution in [2.45, 2.75) is 6.54 Å². The Morgan fingerprint density at radius 1 is 1.09 bits per heavy atom. The van der Waals surface area contributed by atoms with Crippen molar-refractivity contribution >= 4 is 39.3 Å². The molecule has 1 amide bonds. The maximum absolute atomic E-state index is 12.9. The highest BCUT2D eigenvalue weighted by Gasteiger charge is 2.22. The van der Waals surface area contributed by atoms with Gasteiger partial charge < -0.3 is 10.6 Å². The summed E-state index contributed by atoms with van der Waals surface area (Å²) in [7, 11) is 0. The van der Waals surface area contributed by atoms with Crippen LogP contribution < -0.4 is 10.6 Å².